The second kappa shape index (κ2) is 4.53. The molecule has 2 rings (SSSR count). The van der Waals surface area contributed by atoms with E-state index in [1.165, 1.54) is 0 Å². The molecule has 0 bridgehead atoms. The summed E-state index contributed by atoms with van der Waals surface area (Å²) in [5.41, 5.74) is 0.776. The zero-order valence-electron chi connectivity index (χ0n) is 9.03. The molecular formula is C11H11ClN2O2. The summed E-state index contributed by atoms with van der Waals surface area (Å²) < 4.78 is 10.8. The normalized spacial score (nSPS) is 10.4. The fourth-order valence-electron chi connectivity index (χ4n) is 1.28. The van der Waals surface area contributed by atoms with Crippen LogP contribution in [-0.2, 0) is 0 Å². The van der Waals surface area contributed by atoms with E-state index in [0.717, 1.165) is 5.56 Å². The zero-order chi connectivity index (χ0) is 11.5. The highest BCUT2D eigenvalue weighted by molar-refractivity contribution is 6.29. The topological polar surface area (TPSA) is 48.2 Å². The lowest BCUT2D eigenvalue weighted by Crippen LogP contribution is -1.92. The van der Waals surface area contributed by atoms with Gasteiger partial charge in [-0.2, -0.15) is 4.98 Å². The minimum atomic E-state index is 0.442. The lowest BCUT2D eigenvalue weighted by molar-refractivity contribution is 0.321. The molecule has 0 radical (unpaired) electrons. The summed E-state index contributed by atoms with van der Waals surface area (Å²) in [6, 6.07) is 3.49. The average Bonchev–Trinajstić information content (AvgIpc) is 2.62. The van der Waals surface area contributed by atoms with Crippen molar-refractivity contribution in [3.05, 3.63) is 29.2 Å². The first-order chi connectivity index (χ1) is 7.70. The molecule has 0 atom stereocenters. The molecule has 0 aliphatic carbocycles. The summed E-state index contributed by atoms with van der Waals surface area (Å²) >= 11 is 5.70. The third-order valence-electron chi connectivity index (χ3n) is 2.01. The van der Waals surface area contributed by atoms with E-state index >= 15 is 0 Å². The van der Waals surface area contributed by atoms with Crippen LogP contribution in [0.4, 0.5) is 0 Å². The van der Waals surface area contributed by atoms with Gasteiger partial charge in [-0.3, -0.25) is 0 Å². The van der Waals surface area contributed by atoms with Crippen molar-refractivity contribution in [2.75, 3.05) is 6.61 Å². The number of hydrogen-bond donors (Lipinski definition) is 0. The quantitative estimate of drug-likeness (QED) is 0.771. The maximum absolute atomic E-state index is 5.70. The second-order valence-corrected chi connectivity index (χ2v) is 3.57. The Labute approximate surface area is 98.2 Å². The Bertz CT molecular complexity index is 479. The van der Waals surface area contributed by atoms with Gasteiger partial charge in [-0.05, 0) is 26.0 Å². The number of aryl methyl sites for hydroxylation is 1. The molecule has 4 nitrogen and oxygen atoms in total. The van der Waals surface area contributed by atoms with Gasteiger partial charge in [0.1, 0.15) is 5.15 Å². The Morgan fingerprint density at radius 2 is 2.25 bits per heavy atom. The summed E-state index contributed by atoms with van der Waals surface area (Å²) in [7, 11) is 0. The van der Waals surface area contributed by atoms with Crippen LogP contribution in [0.1, 0.15) is 12.7 Å². The predicted molar refractivity (Wildman–Crippen MR) is 60.7 cm³/mol. The van der Waals surface area contributed by atoms with Crippen LogP contribution in [-0.4, -0.2) is 16.6 Å². The molecule has 2 aromatic rings. The van der Waals surface area contributed by atoms with Gasteiger partial charge >= 0.3 is 0 Å². The summed E-state index contributed by atoms with van der Waals surface area (Å²) in [6.07, 6.45) is 1.61. The van der Waals surface area contributed by atoms with E-state index in [9.17, 15) is 0 Å². The molecular weight excluding hydrogens is 228 g/mol. The Balaban J connectivity index is 2.33. The van der Waals surface area contributed by atoms with Crippen molar-refractivity contribution in [1.82, 2.24) is 9.97 Å². The Kier molecular flexibility index (Phi) is 3.10. The molecule has 0 amide bonds. The van der Waals surface area contributed by atoms with Crippen LogP contribution in [0, 0.1) is 6.92 Å². The molecule has 84 valence electrons. The monoisotopic (exact) mass is 238 g/mol. The van der Waals surface area contributed by atoms with E-state index in [-0.39, 0.29) is 0 Å². The Morgan fingerprint density at radius 3 is 2.88 bits per heavy atom. The maximum Gasteiger partial charge on any atom is 0.256 e. The number of ether oxygens (including phenoxy) is 1. The largest absolute Gasteiger partial charge is 0.475 e. The molecule has 0 aromatic carbocycles. The number of halogens is 1. The third kappa shape index (κ3) is 2.17. The van der Waals surface area contributed by atoms with Gasteiger partial charge in [-0.25, -0.2) is 4.98 Å². The summed E-state index contributed by atoms with van der Waals surface area (Å²) in [5.74, 6) is 1.67. The summed E-state index contributed by atoms with van der Waals surface area (Å²) in [6.45, 7) is 4.27. The Morgan fingerprint density at radius 1 is 1.44 bits per heavy atom. The minimum absolute atomic E-state index is 0.442. The highest BCUT2D eigenvalue weighted by Crippen LogP contribution is 2.25. The molecule has 0 unspecified atom stereocenters. The molecule has 5 heteroatoms. The van der Waals surface area contributed by atoms with Gasteiger partial charge in [0.15, 0.2) is 5.76 Å². The summed E-state index contributed by atoms with van der Waals surface area (Å²) in [4.78, 5) is 8.19. The van der Waals surface area contributed by atoms with E-state index in [1.807, 2.05) is 13.8 Å². The molecule has 2 heterocycles. The van der Waals surface area contributed by atoms with E-state index in [1.54, 1.807) is 18.3 Å². The van der Waals surface area contributed by atoms with Crippen molar-refractivity contribution in [1.29, 1.82) is 0 Å². The fourth-order valence-corrected chi connectivity index (χ4v) is 1.39. The van der Waals surface area contributed by atoms with Crippen molar-refractivity contribution in [3.8, 4) is 17.3 Å². The van der Waals surface area contributed by atoms with E-state index in [4.69, 9.17) is 20.8 Å². The van der Waals surface area contributed by atoms with Gasteiger partial charge in [-0.1, -0.05) is 11.6 Å². The van der Waals surface area contributed by atoms with E-state index < -0.39 is 0 Å². The first-order valence-corrected chi connectivity index (χ1v) is 5.30. The van der Waals surface area contributed by atoms with Crippen LogP contribution >= 0.6 is 11.6 Å². The van der Waals surface area contributed by atoms with Crippen molar-refractivity contribution < 1.29 is 9.15 Å². The lowest BCUT2D eigenvalue weighted by Gasteiger charge is -1.95. The molecule has 0 fully saturated rings. The molecule has 0 saturated carbocycles. The van der Waals surface area contributed by atoms with E-state index in [0.29, 0.717) is 29.3 Å². The summed E-state index contributed by atoms with van der Waals surface area (Å²) in [5, 5.41) is 0.442. The standard InChI is InChI=1S/C11H11ClN2O2/c1-3-15-10-7(2)16-11(14-10)8-4-5-9(12)13-6-8/h4-6H,3H2,1-2H3. The average molecular weight is 239 g/mol. The predicted octanol–water partition coefficient (Wildman–Crippen LogP) is 3.10. The van der Waals surface area contributed by atoms with Crippen LogP contribution < -0.4 is 4.74 Å². The van der Waals surface area contributed by atoms with Crippen LogP contribution in [0.3, 0.4) is 0 Å². The van der Waals surface area contributed by atoms with Crippen LogP contribution in [0.5, 0.6) is 5.88 Å². The molecule has 16 heavy (non-hydrogen) atoms. The number of pyridine rings is 1. The number of oxazole rings is 1. The second-order valence-electron chi connectivity index (χ2n) is 3.18. The molecule has 0 N–H and O–H groups in total. The molecule has 0 spiro atoms. The molecule has 0 saturated heterocycles. The first-order valence-electron chi connectivity index (χ1n) is 4.93. The molecule has 0 aliphatic heterocycles. The SMILES string of the molecule is CCOc1nc(-c2ccc(Cl)nc2)oc1C. The minimum Gasteiger partial charge on any atom is -0.475 e. The van der Waals surface area contributed by atoms with Gasteiger partial charge in [0, 0.05) is 6.20 Å². The molecule has 2 aromatic heterocycles. The van der Waals surface area contributed by atoms with Crippen molar-refractivity contribution in [3.63, 3.8) is 0 Å². The zero-order valence-corrected chi connectivity index (χ0v) is 9.78. The van der Waals surface area contributed by atoms with Crippen molar-refractivity contribution in [2.45, 2.75) is 13.8 Å². The first kappa shape index (κ1) is 11.0. The van der Waals surface area contributed by atoms with Crippen molar-refractivity contribution in [2.24, 2.45) is 0 Å². The highest BCUT2D eigenvalue weighted by Gasteiger charge is 2.12. The van der Waals surface area contributed by atoms with Gasteiger partial charge in [0.05, 0.1) is 12.2 Å². The highest BCUT2D eigenvalue weighted by atomic mass is 35.5. The van der Waals surface area contributed by atoms with Crippen molar-refractivity contribution >= 4 is 11.6 Å². The lowest BCUT2D eigenvalue weighted by atomic mass is 10.3. The van der Waals surface area contributed by atoms with Crippen LogP contribution in [0.25, 0.3) is 11.5 Å². The van der Waals surface area contributed by atoms with Gasteiger partial charge in [0.25, 0.3) is 5.88 Å². The Hall–Kier alpha value is -1.55. The number of rotatable bonds is 3. The maximum atomic E-state index is 5.70. The molecule has 0 aliphatic rings. The van der Waals surface area contributed by atoms with E-state index in [2.05, 4.69) is 9.97 Å². The van der Waals surface area contributed by atoms with Gasteiger partial charge < -0.3 is 9.15 Å². The number of hydrogen-bond acceptors (Lipinski definition) is 4. The number of aromatic nitrogens is 2. The van der Waals surface area contributed by atoms with Gasteiger partial charge in [0.2, 0.25) is 5.89 Å². The third-order valence-corrected chi connectivity index (χ3v) is 2.23. The van der Waals surface area contributed by atoms with Gasteiger partial charge in [-0.15, -0.1) is 0 Å². The van der Waals surface area contributed by atoms with Crippen LogP contribution in [0.2, 0.25) is 5.15 Å². The fraction of sp³-hybridized carbons (Fsp3) is 0.273. The smallest absolute Gasteiger partial charge is 0.256 e. The number of nitrogens with zero attached hydrogens (tertiary/aromatic N) is 2. The van der Waals surface area contributed by atoms with Crippen LogP contribution in [0.15, 0.2) is 22.7 Å².